The Hall–Kier alpha value is -2.28. The highest BCUT2D eigenvalue weighted by Gasteiger charge is 2.47. The van der Waals surface area contributed by atoms with Gasteiger partial charge in [0.15, 0.2) is 18.7 Å². The highest BCUT2D eigenvalue weighted by Crippen LogP contribution is 2.27. The second kappa shape index (κ2) is 45.7. The van der Waals surface area contributed by atoms with Gasteiger partial charge in [0.05, 0.1) is 19.8 Å². The van der Waals surface area contributed by atoms with Crippen LogP contribution in [0.15, 0.2) is 36.5 Å². The molecular formula is C59H106O15. The van der Waals surface area contributed by atoms with Gasteiger partial charge >= 0.3 is 11.9 Å². The average Bonchev–Trinajstić information content (AvgIpc) is 3.39. The molecule has 2 fully saturated rings. The van der Waals surface area contributed by atoms with Gasteiger partial charge in [-0.3, -0.25) is 9.59 Å². The minimum atomic E-state index is -1.77. The van der Waals surface area contributed by atoms with Crippen molar-refractivity contribution in [2.45, 2.75) is 300 Å². The van der Waals surface area contributed by atoms with E-state index in [1.165, 1.54) is 135 Å². The SMILES string of the molecule is CCCCC/C=C/C/C=C/CCCCCCCCCC(=O)OC[C@H](CO[C@H]1O[C@@H](CO[C@H]2O[C@@H](CO)[C@@H](O)C(O)C2O)[C@@H](O)C(O)C1O)OC(=O)CCCCCCCCCCCCC/C=C/CCCCCCCC. The molecule has 0 aliphatic carbocycles. The number of hydrogen-bond donors (Lipinski definition) is 7. The van der Waals surface area contributed by atoms with E-state index in [-0.39, 0.29) is 26.1 Å². The minimum absolute atomic E-state index is 0.164. The number of aliphatic hydroxyl groups is 7. The van der Waals surface area contributed by atoms with E-state index in [4.69, 9.17) is 28.4 Å². The van der Waals surface area contributed by atoms with Crippen molar-refractivity contribution in [2.75, 3.05) is 26.4 Å². The van der Waals surface area contributed by atoms with Crippen molar-refractivity contribution >= 4 is 11.9 Å². The monoisotopic (exact) mass is 1050 g/mol. The van der Waals surface area contributed by atoms with Crippen molar-refractivity contribution < 1.29 is 73.8 Å². The fourth-order valence-corrected chi connectivity index (χ4v) is 9.24. The molecule has 7 N–H and O–H groups in total. The quantitative estimate of drug-likeness (QED) is 0.0171. The molecule has 0 aromatic heterocycles. The van der Waals surface area contributed by atoms with Crippen molar-refractivity contribution in [3.8, 4) is 0 Å². The molecule has 15 heteroatoms. The molecule has 0 spiro atoms. The van der Waals surface area contributed by atoms with E-state index in [2.05, 4.69) is 50.3 Å². The van der Waals surface area contributed by atoms with Crippen LogP contribution in [0.1, 0.15) is 232 Å². The van der Waals surface area contributed by atoms with Crippen LogP contribution in [0.2, 0.25) is 0 Å². The molecule has 0 amide bonds. The summed E-state index contributed by atoms with van der Waals surface area (Å²) in [6.45, 7) is 2.59. The van der Waals surface area contributed by atoms with Gasteiger partial charge in [0.25, 0.3) is 0 Å². The number of unbranched alkanes of at least 4 members (excludes halogenated alkanes) is 27. The van der Waals surface area contributed by atoms with Gasteiger partial charge in [-0.2, -0.15) is 0 Å². The van der Waals surface area contributed by atoms with Crippen LogP contribution in [0, 0.1) is 0 Å². The highest BCUT2D eigenvalue weighted by atomic mass is 16.7. The van der Waals surface area contributed by atoms with E-state index in [0.29, 0.717) is 12.8 Å². The molecule has 74 heavy (non-hydrogen) atoms. The predicted molar refractivity (Wildman–Crippen MR) is 289 cm³/mol. The number of allylic oxidation sites excluding steroid dienone is 6. The largest absolute Gasteiger partial charge is 0.462 e. The van der Waals surface area contributed by atoms with Crippen LogP contribution in [0.25, 0.3) is 0 Å². The zero-order chi connectivity index (χ0) is 53.9. The summed E-state index contributed by atoms with van der Waals surface area (Å²) in [7, 11) is 0. The minimum Gasteiger partial charge on any atom is -0.462 e. The standard InChI is InChI=1S/C59H106O15/c1-3-5-7-9-11-13-15-17-19-21-22-23-24-26-28-30-32-34-36-38-40-42-51(62)72-47(44-69-50(61)41-39-37-35-33-31-29-27-25-20-18-16-14-12-10-8-6-4-2)45-70-58-57(68)55(66)53(64)49(74-58)46-71-59-56(67)54(65)52(63)48(43-60)73-59/h12,14,17-20,47-49,52-60,63-68H,3-11,13,15-16,21-46H2,1-2H3/b14-12+,19-17+,20-18+/t47-,48+,49+,52-,53-,54?,55?,56?,57?,58+,59+/m1/s1. The molecule has 0 saturated carbocycles. The molecule has 0 aromatic carbocycles. The normalized spacial score (nSPS) is 24.9. The van der Waals surface area contributed by atoms with Gasteiger partial charge in [-0.15, -0.1) is 0 Å². The Kier molecular flexibility index (Phi) is 41.9. The third kappa shape index (κ3) is 32.5. The van der Waals surface area contributed by atoms with Crippen molar-refractivity contribution in [3.63, 3.8) is 0 Å². The first-order valence-corrected chi connectivity index (χ1v) is 29.6. The molecule has 0 radical (unpaired) electrons. The van der Waals surface area contributed by atoms with Gasteiger partial charge in [-0.1, -0.05) is 185 Å². The maximum Gasteiger partial charge on any atom is 0.306 e. The number of carbonyl (C=O) groups excluding carboxylic acids is 2. The summed E-state index contributed by atoms with van der Waals surface area (Å²) in [5.41, 5.74) is 0. The number of hydrogen-bond acceptors (Lipinski definition) is 15. The summed E-state index contributed by atoms with van der Waals surface area (Å²) >= 11 is 0. The molecule has 2 saturated heterocycles. The molecule has 11 atom stereocenters. The van der Waals surface area contributed by atoms with Gasteiger partial charge in [-0.25, -0.2) is 0 Å². The van der Waals surface area contributed by atoms with Crippen LogP contribution in [0.4, 0.5) is 0 Å². The molecular weight excluding hydrogens is 949 g/mol. The molecule has 4 unspecified atom stereocenters. The smallest absolute Gasteiger partial charge is 0.306 e. The Morgan fingerprint density at radius 3 is 1.30 bits per heavy atom. The second-order valence-corrected chi connectivity index (χ2v) is 20.8. The van der Waals surface area contributed by atoms with Gasteiger partial charge < -0.3 is 64.2 Å². The highest BCUT2D eigenvalue weighted by molar-refractivity contribution is 5.70. The number of rotatable bonds is 47. The first-order valence-electron chi connectivity index (χ1n) is 29.6. The molecule has 2 aliphatic rings. The fourth-order valence-electron chi connectivity index (χ4n) is 9.24. The van der Waals surface area contributed by atoms with E-state index < -0.39 is 92.7 Å². The van der Waals surface area contributed by atoms with Crippen molar-refractivity contribution in [1.29, 1.82) is 0 Å². The van der Waals surface area contributed by atoms with Gasteiger partial charge in [0.1, 0.15) is 55.4 Å². The van der Waals surface area contributed by atoms with E-state index in [1.807, 2.05) is 0 Å². The Labute approximate surface area is 446 Å². The summed E-state index contributed by atoms with van der Waals surface area (Å²) in [5, 5.41) is 72.3. The lowest BCUT2D eigenvalue weighted by Crippen LogP contribution is -2.61. The van der Waals surface area contributed by atoms with Crippen LogP contribution in [-0.4, -0.2) is 142 Å². The van der Waals surface area contributed by atoms with Crippen LogP contribution < -0.4 is 0 Å². The zero-order valence-electron chi connectivity index (χ0n) is 46.1. The molecule has 2 heterocycles. The second-order valence-electron chi connectivity index (χ2n) is 20.8. The van der Waals surface area contributed by atoms with E-state index >= 15 is 0 Å². The summed E-state index contributed by atoms with van der Waals surface area (Å²) in [4.78, 5) is 25.9. The van der Waals surface area contributed by atoms with Crippen LogP contribution in [0.5, 0.6) is 0 Å². The lowest BCUT2D eigenvalue weighted by atomic mass is 9.98. The summed E-state index contributed by atoms with van der Waals surface area (Å²) in [6.07, 6.45) is 34.4. The number of aliphatic hydroxyl groups excluding tert-OH is 7. The Morgan fingerprint density at radius 1 is 0.432 bits per heavy atom. The molecule has 2 aliphatic heterocycles. The lowest BCUT2D eigenvalue weighted by molar-refractivity contribution is -0.332. The number of carbonyl (C=O) groups is 2. The molecule has 2 rings (SSSR count). The van der Waals surface area contributed by atoms with Crippen LogP contribution in [0.3, 0.4) is 0 Å². The van der Waals surface area contributed by atoms with Crippen LogP contribution in [-0.2, 0) is 38.0 Å². The third-order valence-electron chi connectivity index (χ3n) is 14.1. The average molecular weight is 1060 g/mol. The van der Waals surface area contributed by atoms with E-state index in [0.717, 1.165) is 57.8 Å². The fraction of sp³-hybridized carbons (Fsp3) is 0.864. The van der Waals surface area contributed by atoms with E-state index in [1.54, 1.807) is 0 Å². The Morgan fingerprint density at radius 2 is 0.811 bits per heavy atom. The summed E-state index contributed by atoms with van der Waals surface area (Å²) < 4.78 is 33.7. The first kappa shape index (κ1) is 67.8. The van der Waals surface area contributed by atoms with Crippen molar-refractivity contribution in [2.24, 2.45) is 0 Å². The predicted octanol–water partition coefficient (Wildman–Crippen LogP) is 10.1. The van der Waals surface area contributed by atoms with Gasteiger partial charge in [-0.05, 0) is 70.6 Å². The zero-order valence-corrected chi connectivity index (χ0v) is 46.1. The first-order chi connectivity index (χ1) is 36.0. The number of esters is 2. The van der Waals surface area contributed by atoms with Crippen molar-refractivity contribution in [3.05, 3.63) is 36.5 Å². The molecule has 432 valence electrons. The van der Waals surface area contributed by atoms with Gasteiger partial charge in [0.2, 0.25) is 0 Å². The van der Waals surface area contributed by atoms with Crippen LogP contribution >= 0.6 is 0 Å². The molecule has 15 nitrogen and oxygen atoms in total. The number of ether oxygens (including phenoxy) is 6. The Bertz CT molecular complexity index is 1430. The third-order valence-corrected chi connectivity index (χ3v) is 14.1. The summed E-state index contributed by atoms with van der Waals surface area (Å²) in [6, 6.07) is 0. The lowest BCUT2D eigenvalue weighted by Gasteiger charge is -2.42. The molecule has 0 bridgehead atoms. The maximum absolute atomic E-state index is 13.1. The topological polar surface area (TPSA) is 231 Å². The van der Waals surface area contributed by atoms with Gasteiger partial charge in [0, 0.05) is 12.8 Å². The Balaban J connectivity index is 1.75. The summed E-state index contributed by atoms with van der Waals surface area (Å²) in [5.74, 6) is -0.927. The molecule has 0 aromatic rings. The van der Waals surface area contributed by atoms with E-state index in [9.17, 15) is 45.3 Å². The maximum atomic E-state index is 13.1. The van der Waals surface area contributed by atoms with Crippen molar-refractivity contribution in [1.82, 2.24) is 0 Å².